The second-order valence-corrected chi connectivity index (χ2v) is 30.1. The Kier molecular flexibility index (Phi) is 10.9. The number of esters is 2. The summed E-state index contributed by atoms with van der Waals surface area (Å²) in [7, 11) is 0. The van der Waals surface area contributed by atoms with E-state index in [0.717, 1.165) is 55.8 Å². The maximum Gasteiger partial charge on any atom is 0.339 e. The van der Waals surface area contributed by atoms with Crippen LogP contribution in [0.4, 0.5) is 0 Å². The molecule has 1 aromatic rings. The average Bonchev–Trinajstić information content (AvgIpc) is 1.99. The number of fused-ring (bicyclic) bond motifs is 4. The summed E-state index contributed by atoms with van der Waals surface area (Å²) in [5.74, 6) is 5.15. The Morgan fingerprint density at radius 3 is 2.22 bits per heavy atom. The number of hydrogen-bond acceptors (Lipinski definition) is 8. The van der Waals surface area contributed by atoms with Crippen LogP contribution >= 0.6 is 0 Å². The van der Waals surface area contributed by atoms with Crippen LogP contribution in [0.1, 0.15) is 214 Å². The molecule has 3 saturated heterocycles. The minimum Gasteiger partial charge on any atom is -0.509 e. The van der Waals surface area contributed by atoms with Gasteiger partial charge in [0.15, 0.2) is 11.4 Å². The van der Waals surface area contributed by atoms with Gasteiger partial charge in [-0.3, -0.25) is 9.69 Å². The smallest absolute Gasteiger partial charge is 0.339 e. The predicted molar refractivity (Wildman–Crippen MR) is 298 cm³/mol. The number of hydrogen-bond donors (Lipinski definition) is 2. The van der Waals surface area contributed by atoms with Crippen molar-refractivity contribution in [1.82, 2.24) is 9.80 Å². The van der Waals surface area contributed by atoms with Crippen LogP contribution in [0.25, 0.3) is 0 Å². The number of aryl methyl sites for hydroxylation is 1. The summed E-state index contributed by atoms with van der Waals surface area (Å²) in [6, 6.07) is 7.27. The molecule has 14 atom stereocenters. The van der Waals surface area contributed by atoms with E-state index in [9.17, 15) is 5.11 Å². The monoisotopic (exact) mass is 1040 g/mol. The first-order valence-corrected chi connectivity index (χ1v) is 33.1. The number of aliphatic hydroxyl groups is 1. The van der Waals surface area contributed by atoms with Gasteiger partial charge in [0.1, 0.15) is 11.2 Å². The third kappa shape index (κ3) is 6.16. The summed E-state index contributed by atoms with van der Waals surface area (Å²) in [5, 5.41) is 14.0. The summed E-state index contributed by atoms with van der Waals surface area (Å²) >= 11 is 0. The number of ether oxygens (including phenoxy) is 2. The van der Waals surface area contributed by atoms with Gasteiger partial charge in [0.05, 0.1) is 11.0 Å². The van der Waals surface area contributed by atoms with Gasteiger partial charge in [-0.15, -0.1) is 0 Å². The number of aliphatic hydroxyl groups excluding tert-OH is 1. The summed E-state index contributed by atoms with van der Waals surface area (Å²) < 4.78 is 14.9. The number of rotatable bonds is 6. The molecule has 12 bridgehead atoms. The van der Waals surface area contributed by atoms with Crippen LogP contribution in [-0.4, -0.2) is 65.1 Å². The van der Waals surface area contributed by atoms with E-state index in [4.69, 9.17) is 15.2 Å². The zero-order chi connectivity index (χ0) is 51.2. The molecule has 5 spiro atoms. The maximum absolute atomic E-state index is 16.8. The van der Waals surface area contributed by atoms with E-state index in [2.05, 4.69) is 40.2 Å². The molecular formula is C69H91N3O5. The molecule has 20 rings (SSSR count). The van der Waals surface area contributed by atoms with Crippen molar-refractivity contribution in [2.75, 3.05) is 26.2 Å². The van der Waals surface area contributed by atoms with Crippen molar-refractivity contribution in [3.05, 3.63) is 81.0 Å². The van der Waals surface area contributed by atoms with Crippen LogP contribution in [0.3, 0.4) is 0 Å². The predicted octanol–water partition coefficient (Wildman–Crippen LogP) is 13.9. The van der Waals surface area contributed by atoms with Crippen LogP contribution in [0.5, 0.6) is 0 Å². The maximum atomic E-state index is 16.8. The molecule has 1 aromatic carbocycles. The molecule has 77 heavy (non-hydrogen) atoms. The van der Waals surface area contributed by atoms with Crippen LogP contribution in [0, 0.1) is 86.8 Å². The number of allylic oxidation sites excluding steroid dienone is 4. The molecule has 9 fully saturated rings. The van der Waals surface area contributed by atoms with Gasteiger partial charge in [-0.05, 0) is 197 Å². The Morgan fingerprint density at radius 1 is 0.714 bits per heavy atom. The first-order valence-electron chi connectivity index (χ1n) is 33.1. The topological polar surface area (TPSA) is 105 Å². The molecule has 9 aliphatic heterocycles. The Hall–Kier alpha value is -3.36. The van der Waals surface area contributed by atoms with Gasteiger partial charge in [-0.1, -0.05) is 119 Å². The van der Waals surface area contributed by atoms with Crippen molar-refractivity contribution in [1.29, 1.82) is 0 Å². The highest BCUT2D eigenvalue weighted by molar-refractivity contribution is 6.00. The van der Waals surface area contributed by atoms with Crippen LogP contribution in [0.15, 0.2) is 64.3 Å². The van der Waals surface area contributed by atoms with Gasteiger partial charge in [0.25, 0.3) is 0 Å². The van der Waals surface area contributed by atoms with E-state index in [1.165, 1.54) is 166 Å². The zero-order valence-corrected chi connectivity index (χ0v) is 46.7. The van der Waals surface area contributed by atoms with E-state index in [1.807, 2.05) is 0 Å². The SMILES string of the molecule is NCCCc1cccc2c1C(=O)O[C@@]21[C@H]2C[C@H](C3CCCCC3)/C=C\[C@H]3C[C@@H]4[C@@H]5C6=C3[C@@]23C(=O)O/C(=C(/O)C[C@H](C2CC7(CCCC7)C7(CCCC7)C2)N2C[C@H]7C[C@@H](C2)[C@H]2CCC(=C5N2C7)C[C@H]4C2CCCCC2)[C@]31CC6. The van der Waals surface area contributed by atoms with E-state index in [1.54, 1.807) is 16.8 Å². The molecule has 9 heterocycles. The first kappa shape index (κ1) is 48.4. The quantitative estimate of drug-likeness (QED) is 0.214. The fourth-order valence-electron chi connectivity index (χ4n) is 25.4. The molecule has 6 saturated carbocycles. The summed E-state index contributed by atoms with van der Waals surface area (Å²) in [5.41, 5.74) is 13.1. The van der Waals surface area contributed by atoms with Gasteiger partial charge >= 0.3 is 11.9 Å². The van der Waals surface area contributed by atoms with Crippen molar-refractivity contribution < 1.29 is 24.2 Å². The lowest BCUT2D eigenvalue weighted by Gasteiger charge is -2.73. The number of piperidine rings is 2. The number of nitrogens with zero attached hydrogens (tertiary/aromatic N) is 2. The van der Waals surface area contributed by atoms with Gasteiger partial charge in [0, 0.05) is 61.2 Å². The van der Waals surface area contributed by atoms with E-state index >= 15 is 9.59 Å². The number of benzene rings is 1. The fraction of sp³-hybridized carbons (Fsp3) is 0.768. The van der Waals surface area contributed by atoms with Crippen LogP contribution in [-0.2, 0) is 26.3 Å². The number of nitrogens with two attached hydrogens (primary N) is 1. The Labute approximate surface area is 460 Å². The van der Waals surface area contributed by atoms with Crippen molar-refractivity contribution in [2.45, 2.75) is 217 Å². The lowest BCUT2D eigenvalue weighted by molar-refractivity contribution is -0.282. The van der Waals surface area contributed by atoms with Crippen LogP contribution in [0.2, 0.25) is 0 Å². The van der Waals surface area contributed by atoms with E-state index in [0.29, 0.717) is 101 Å². The van der Waals surface area contributed by atoms with E-state index in [-0.39, 0.29) is 35.7 Å². The molecule has 8 heteroatoms. The highest BCUT2D eigenvalue weighted by Gasteiger charge is 2.94. The Morgan fingerprint density at radius 2 is 1.47 bits per heavy atom. The summed E-state index contributed by atoms with van der Waals surface area (Å²) in [6.07, 6.45) is 42.7. The summed E-state index contributed by atoms with van der Waals surface area (Å²) in [6.45, 7) is 3.94. The molecule has 0 amide bonds. The molecule has 19 aliphatic rings. The molecular weight excluding hydrogens is 951 g/mol. The summed E-state index contributed by atoms with van der Waals surface area (Å²) in [4.78, 5) is 38.4. The van der Waals surface area contributed by atoms with E-state index < -0.39 is 16.4 Å². The van der Waals surface area contributed by atoms with Crippen molar-refractivity contribution >= 4 is 11.9 Å². The largest absolute Gasteiger partial charge is 0.509 e. The van der Waals surface area contributed by atoms with Gasteiger partial charge in [-0.2, -0.15) is 0 Å². The zero-order valence-electron chi connectivity index (χ0n) is 46.7. The molecule has 3 N–H and O–H groups in total. The molecule has 1 unspecified atom stereocenters. The number of carbonyl (C=O) groups excluding carboxylic acids is 2. The molecule has 8 nitrogen and oxygen atoms in total. The van der Waals surface area contributed by atoms with Gasteiger partial charge < -0.3 is 25.2 Å². The Bertz CT molecular complexity index is 2760. The molecule has 412 valence electrons. The number of carbonyl (C=O) groups is 2. The second kappa shape index (κ2) is 17.3. The fourth-order valence-corrected chi connectivity index (χ4v) is 25.4. The van der Waals surface area contributed by atoms with Crippen molar-refractivity contribution in [2.24, 2.45) is 92.5 Å². The van der Waals surface area contributed by atoms with Gasteiger partial charge in [-0.25, -0.2) is 4.79 Å². The third-order valence-corrected chi connectivity index (χ3v) is 27.7. The highest BCUT2D eigenvalue weighted by atomic mass is 16.6. The van der Waals surface area contributed by atoms with Crippen LogP contribution < -0.4 is 5.73 Å². The third-order valence-electron chi connectivity index (χ3n) is 27.7. The average molecular weight is 1040 g/mol. The van der Waals surface area contributed by atoms with Crippen molar-refractivity contribution in [3.8, 4) is 0 Å². The van der Waals surface area contributed by atoms with Crippen molar-refractivity contribution in [3.63, 3.8) is 0 Å². The minimum atomic E-state index is -1.14. The molecule has 0 radical (unpaired) electrons. The molecule has 10 aliphatic carbocycles. The van der Waals surface area contributed by atoms with Gasteiger partial charge in [0.2, 0.25) is 0 Å². The lowest BCUT2D eigenvalue weighted by Crippen LogP contribution is -2.78. The highest BCUT2D eigenvalue weighted by Crippen LogP contribution is 2.88. The standard InChI is InChI=1S/C69H91N3O5/c70-30-12-18-44-17-11-19-53-58(44)63(74)77-69(53)57-34-45(42-13-3-1-4-14-42)20-21-46-32-52-51(43-15-5-2-6-16-43)33-47-22-23-54-48-31-41-38-71(40-48)55(49-36-65(25-7-8-26-65)66(37-49)27-9-10-28-66)35-56(73)62-67(69)29-24-50(59(52)61(47)72(54)39-41)60(46)68(57,67)64(75)76-62/h11,17,19-21,41-43,45-46,48-49,51-52,54-55,57,59,73H,1-10,12-16,18,22-40,70H2/b21-20-,62-56+/t41-,45-,46+,48+,51+,52+,54-,55-,57+,59+,67-,68-,69-/m1/s1. The Balaban J connectivity index is 0.925. The minimum absolute atomic E-state index is 0.117. The second-order valence-electron chi connectivity index (χ2n) is 30.1. The molecule has 0 aromatic heterocycles. The lowest BCUT2D eigenvalue weighted by atomic mass is 9.27. The first-order chi connectivity index (χ1) is 37.7. The normalized spacial score (nSPS) is 45.5.